The zero-order valence-corrected chi connectivity index (χ0v) is 14.4. The van der Waals surface area contributed by atoms with Crippen LogP contribution in [0.5, 0.6) is 0 Å². The zero-order chi connectivity index (χ0) is 15.3. The fourth-order valence-electron chi connectivity index (χ4n) is 3.06. The highest BCUT2D eigenvalue weighted by molar-refractivity contribution is 7.80. The minimum absolute atomic E-state index is 0.714. The molecular weight excluding hydrogens is 295 g/mol. The summed E-state index contributed by atoms with van der Waals surface area (Å²) in [6.45, 7) is 6.26. The molecule has 1 aliphatic heterocycles. The SMILES string of the molecule is [B]c1c(S)c(C)c(C)c2c(C3=CCN(C)CC3)c(S)[nH]c12. The van der Waals surface area contributed by atoms with Gasteiger partial charge in [-0.05, 0) is 44.0 Å². The van der Waals surface area contributed by atoms with Crippen LogP contribution >= 0.6 is 25.3 Å². The van der Waals surface area contributed by atoms with E-state index in [9.17, 15) is 0 Å². The Morgan fingerprint density at radius 3 is 2.57 bits per heavy atom. The van der Waals surface area contributed by atoms with E-state index in [0.717, 1.165) is 40.5 Å². The van der Waals surface area contributed by atoms with Gasteiger partial charge >= 0.3 is 0 Å². The maximum atomic E-state index is 6.25. The molecule has 1 aliphatic rings. The summed E-state index contributed by atoms with van der Waals surface area (Å²) in [6.07, 6.45) is 3.34. The van der Waals surface area contributed by atoms with E-state index in [2.05, 4.69) is 62.1 Å². The summed E-state index contributed by atoms with van der Waals surface area (Å²) < 4.78 is 0. The van der Waals surface area contributed by atoms with Crippen LogP contribution < -0.4 is 5.46 Å². The number of rotatable bonds is 1. The van der Waals surface area contributed by atoms with Gasteiger partial charge in [0, 0.05) is 34.5 Å². The number of nitrogens with one attached hydrogen (secondary N) is 1. The van der Waals surface area contributed by atoms with Crippen LogP contribution in [-0.4, -0.2) is 37.9 Å². The molecule has 0 fully saturated rings. The topological polar surface area (TPSA) is 19.0 Å². The monoisotopic (exact) mass is 314 g/mol. The molecule has 2 nitrogen and oxygen atoms in total. The molecule has 2 radical (unpaired) electrons. The van der Waals surface area contributed by atoms with Crippen molar-refractivity contribution in [1.29, 1.82) is 0 Å². The fourth-order valence-corrected chi connectivity index (χ4v) is 3.71. The van der Waals surface area contributed by atoms with Crippen molar-refractivity contribution in [1.82, 2.24) is 9.88 Å². The Labute approximate surface area is 138 Å². The number of hydrogen-bond acceptors (Lipinski definition) is 3. The van der Waals surface area contributed by atoms with Gasteiger partial charge in [-0.3, -0.25) is 0 Å². The summed E-state index contributed by atoms with van der Waals surface area (Å²) in [5.41, 5.74) is 6.62. The van der Waals surface area contributed by atoms with E-state index in [1.165, 1.54) is 22.1 Å². The van der Waals surface area contributed by atoms with Crippen molar-refractivity contribution in [2.45, 2.75) is 30.2 Å². The first kappa shape index (κ1) is 15.1. The van der Waals surface area contributed by atoms with Crippen molar-refractivity contribution in [3.8, 4) is 0 Å². The average molecular weight is 314 g/mol. The molecule has 2 aromatic rings. The molecule has 1 aromatic carbocycles. The van der Waals surface area contributed by atoms with Crippen LogP contribution in [0.2, 0.25) is 0 Å². The minimum Gasteiger partial charge on any atom is -0.350 e. The molecule has 0 amide bonds. The molecule has 0 bridgehead atoms. The number of benzene rings is 1. The number of thiol groups is 2. The summed E-state index contributed by atoms with van der Waals surface area (Å²) in [5.74, 6) is 0. The summed E-state index contributed by atoms with van der Waals surface area (Å²) in [6, 6.07) is 0. The maximum Gasteiger partial charge on any atom is 0.118 e. The number of nitrogens with zero attached hydrogens (tertiary/aromatic N) is 1. The number of aromatic amines is 1. The van der Waals surface area contributed by atoms with Gasteiger partial charge in [0.15, 0.2) is 0 Å². The van der Waals surface area contributed by atoms with Gasteiger partial charge in [0.05, 0.1) is 5.03 Å². The van der Waals surface area contributed by atoms with Crippen LogP contribution in [0.25, 0.3) is 16.5 Å². The van der Waals surface area contributed by atoms with Gasteiger partial charge in [0.2, 0.25) is 0 Å². The van der Waals surface area contributed by atoms with Gasteiger partial charge in [-0.1, -0.05) is 11.5 Å². The highest BCUT2D eigenvalue weighted by atomic mass is 32.1. The molecule has 0 unspecified atom stereocenters. The van der Waals surface area contributed by atoms with Gasteiger partial charge < -0.3 is 9.88 Å². The number of H-pyrrole nitrogens is 1. The molecular formula is C16H19BN2S2. The molecule has 1 N–H and O–H groups in total. The van der Waals surface area contributed by atoms with Crippen LogP contribution in [-0.2, 0) is 0 Å². The van der Waals surface area contributed by atoms with E-state index in [0.29, 0.717) is 5.46 Å². The average Bonchev–Trinajstić information content (AvgIpc) is 2.81. The van der Waals surface area contributed by atoms with Gasteiger partial charge in [-0.2, -0.15) is 0 Å². The first-order valence-electron chi connectivity index (χ1n) is 7.12. The lowest BCUT2D eigenvalue weighted by molar-refractivity contribution is 0.370. The molecule has 0 saturated carbocycles. The van der Waals surface area contributed by atoms with Crippen molar-refractivity contribution in [2.75, 3.05) is 20.1 Å². The Kier molecular flexibility index (Phi) is 3.93. The van der Waals surface area contributed by atoms with E-state index in [-0.39, 0.29) is 0 Å². The highest BCUT2D eigenvalue weighted by Gasteiger charge is 2.21. The van der Waals surface area contributed by atoms with Crippen molar-refractivity contribution in [3.05, 3.63) is 22.8 Å². The predicted octanol–water partition coefficient (Wildman–Crippen LogP) is 2.87. The van der Waals surface area contributed by atoms with Crippen LogP contribution in [0.3, 0.4) is 0 Å². The Balaban J connectivity index is 2.32. The lowest BCUT2D eigenvalue weighted by Gasteiger charge is -2.22. The van der Waals surface area contributed by atoms with Gasteiger partial charge in [-0.15, -0.1) is 25.3 Å². The first-order valence-corrected chi connectivity index (χ1v) is 8.01. The third-order valence-electron chi connectivity index (χ3n) is 4.53. The van der Waals surface area contributed by atoms with E-state index in [1.54, 1.807) is 0 Å². The molecule has 0 saturated heterocycles. The molecule has 5 heteroatoms. The Morgan fingerprint density at radius 1 is 1.24 bits per heavy atom. The predicted molar refractivity (Wildman–Crippen MR) is 97.8 cm³/mol. The first-order chi connectivity index (χ1) is 9.91. The van der Waals surface area contributed by atoms with Crippen LogP contribution in [0.4, 0.5) is 0 Å². The molecule has 1 aromatic heterocycles. The van der Waals surface area contributed by atoms with E-state index < -0.39 is 0 Å². The van der Waals surface area contributed by atoms with Crippen molar-refractivity contribution >= 4 is 55.0 Å². The normalized spacial score (nSPS) is 16.5. The third-order valence-corrected chi connectivity index (χ3v) is 5.44. The Morgan fingerprint density at radius 2 is 1.95 bits per heavy atom. The van der Waals surface area contributed by atoms with E-state index in [4.69, 9.17) is 7.85 Å². The number of hydrogen-bond donors (Lipinski definition) is 3. The molecule has 2 heterocycles. The van der Waals surface area contributed by atoms with Crippen molar-refractivity contribution < 1.29 is 0 Å². The Hall–Kier alpha value is -0.775. The van der Waals surface area contributed by atoms with Gasteiger partial charge in [0.1, 0.15) is 7.85 Å². The molecule has 21 heavy (non-hydrogen) atoms. The number of aryl methyl sites for hydroxylation is 1. The molecule has 0 atom stereocenters. The van der Waals surface area contributed by atoms with Crippen LogP contribution in [0.1, 0.15) is 23.1 Å². The van der Waals surface area contributed by atoms with Gasteiger partial charge in [-0.25, -0.2) is 0 Å². The van der Waals surface area contributed by atoms with Gasteiger partial charge in [0.25, 0.3) is 0 Å². The third kappa shape index (κ3) is 2.35. The van der Waals surface area contributed by atoms with Crippen molar-refractivity contribution in [2.24, 2.45) is 0 Å². The second-order valence-corrected chi connectivity index (χ2v) is 6.75. The molecule has 3 rings (SSSR count). The smallest absolute Gasteiger partial charge is 0.118 e. The zero-order valence-electron chi connectivity index (χ0n) is 12.6. The molecule has 0 aliphatic carbocycles. The summed E-state index contributed by atoms with van der Waals surface area (Å²) in [7, 11) is 8.40. The highest BCUT2D eigenvalue weighted by Crippen LogP contribution is 2.37. The second-order valence-electron chi connectivity index (χ2n) is 5.85. The maximum absolute atomic E-state index is 6.25. The van der Waals surface area contributed by atoms with Crippen LogP contribution in [0.15, 0.2) is 16.0 Å². The standard InChI is InChI=1S/C16H19BN2S2/c1-8-9(2)15(20)13(17)14-11(8)12(16(21)18-14)10-4-6-19(3)7-5-10/h4,18,20-21H,5-7H2,1-3H3. The van der Waals surface area contributed by atoms with E-state index >= 15 is 0 Å². The summed E-state index contributed by atoms with van der Waals surface area (Å²) in [5, 5.41) is 2.09. The molecule has 108 valence electrons. The fraction of sp³-hybridized carbons (Fsp3) is 0.375. The number of likely N-dealkylation sites (N-methyl/N-ethyl adjacent to an activating group) is 1. The second kappa shape index (κ2) is 5.45. The Bertz CT molecular complexity index is 762. The summed E-state index contributed by atoms with van der Waals surface area (Å²) in [4.78, 5) is 6.52. The largest absolute Gasteiger partial charge is 0.350 e. The lowest BCUT2D eigenvalue weighted by atomic mass is 9.86. The molecule has 0 spiro atoms. The lowest BCUT2D eigenvalue weighted by Crippen LogP contribution is -2.23. The van der Waals surface area contributed by atoms with E-state index in [1.807, 2.05) is 0 Å². The number of fused-ring (bicyclic) bond motifs is 1. The number of aromatic nitrogens is 1. The van der Waals surface area contributed by atoms with Crippen LogP contribution in [0, 0.1) is 13.8 Å². The summed E-state index contributed by atoms with van der Waals surface area (Å²) >= 11 is 9.21. The van der Waals surface area contributed by atoms with Crippen molar-refractivity contribution in [3.63, 3.8) is 0 Å². The minimum atomic E-state index is 0.714. The quantitative estimate of drug-likeness (QED) is 0.546.